The van der Waals surface area contributed by atoms with Crippen molar-refractivity contribution in [3.05, 3.63) is 56.6 Å². The third-order valence-electron chi connectivity index (χ3n) is 5.62. The van der Waals surface area contributed by atoms with E-state index in [9.17, 15) is 14.4 Å². The highest BCUT2D eigenvalue weighted by Crippen LogP contribution is 2.39. The number of esters is 1. The molecule has 3 heterocycles. The Kier molecular flexibility index (Phi) is 8.34. The molecule has 0 fully saturated rings. The zero-order valence-electron chi connectivity index (χ0n) is 21.5. The Hall–Kier alpha value is -3.48. The predicted molar refractivity (Wildman–Crippen MR) is 152 cm³/mol. The van der Waals surface area contributed by atoms with Gasteiger partial charge in [0.15, 0.2) is 11.0 Å². The van der Waals surface area contributed by atoms with Crippen molar-refractivity contribution in [1.82, 2.24) is 14.8 Å². The normalized spacial score (nSPS) is 11.1. The van der Waals surface area contributed by atoms with E-state index in [1.165, 1.54) is 16.6 Å². The Balaban J connectivity index is 1.52. The van der Waals surface area contributed by atoms with E-state index in [2.05, 4.69) is 40.0 Å². The molecule has 3 N–H and O–H groups in total. The van der Waals surface area contributed by atoms with Gasteiger partial charge in [-0.15, -0.1) is 32.9 Å². The van der Waals surface area contributed by atoms with Gasteiger partial charge in [-0.3, -0.25) is 9.59 Å². The molecule has 4 aromatic rings. The van der Waals surface area contributed by atoms with Crippen molar-refractivity contribution in [3.63, 3.8) is 0 Å². The van der Waals surface area contributed by atoms with E-state index < -0.39 is 11.9 Å². The van der Waals surface area contributed by atoms with Crippen molar-refractivity contribution < 1.29 is 19.1 Å². The monoisotopic (exact) mass is 569 g/mol. The molecule has 198 valence electrons. The summed E-state index contributed by atoms with van der Waals surface area (Å²) in [7, 11) is 1.86. The number of thioether (sulfide) groups is 1. The lowest BCUT2D eigenvalue weighted by Crippen LogP contribution is -2.18. The van der Waals surface area contributed by atoms with Gasteiger partial charge < -0.3 is 20.4 Å². The smallest absolute Gasteiger partial charge is 0.341 e. The van der Waals surface area contributed by atoms with Gasteiger partial charge in [0.1, 0.15) is 5.00 Å². The third-order valence-corrected chi connectivity index (χ3v) is 8.77. The number of carbonyl (C=O) groups is 3. The number of nitrogens with two attached hydrogens (primary N) is 1. The number of rotatable bonds is 9. The number of hydrogen-bond donors (Lipinski definition) is 2. The lowest BCUT2D eigenvalue weighted by Gasteiger charge is -2.10. The first kappa shape index (κ1) is 27.6. The van der Waals surface area contributed by atoms with E-state index in [-0.39, 0.29) is 33.2 Å². The molecule has 0 saturated heterocycles. The maximum Gasteiger partial charge on any atom is 0.341 e. The lowest BCUT2D eigenvalue weighted by atomic mass is 10.0. The van der Waals surface area contributed by atoms with Gasteiger partial charge in [0.05, 0.1) is 22.3 Å². The van der Waals surface area contributed by atoms with Crippen LogP contribution in [0.2, 0.25) is 0 Å². The minimum atomic E-state index is -0.675. The van der Waals surface area contributed by atoms with Crippen molar-refractivity contribution in [2.24, 2.45) is 12.8 Å². The molecule has 12 heteroatoms. The first-order valence-corrected chi connectivity index (χ1v) is 14.4. The molecule has 0 aliphatic rings. The number of nitrogens with one attached hydrogen (secondary N) is 1. The van der Waals surface area contributed by atoms with Crippen LogP contribution in [-0.4, -0.2) is 44.4 Å². The minimum Gasteiger partial charge on any atom is -0.459 e. The summed E-state index contributed by atoms with van der Waals surface area (Å²) in [5.74, 6) is -0.947. The number of benzene rings is 1. The summed E-state index contributed by atoms with van der Waals surface area (Å²) in [6.07, 6.45) is -0.363. The summed E-state index contributed by atoms with van der Waals surface area (Å²) in [6, 6.07) is 10.1. The summed E-state index contributed by atoms with van der Waals surface area (Å²) < 4.78 is 7.16. The minimum absolute atomic E-state index is 0.0156. The highest BCUT2D eigenvalue weighted by Gasteiger charge is 2.27. The number of carbonyl (C=O) groups excluding carboxylic acids is 3. The number of aromatic nitrogens is 3. The van der Waals surface area contributed by atoms with E-state index in [0.29, 0.717) is 16.5 Å². The highest BCUT2D eigenvalue weighted by atomic mass is 32.2. The maximum absolute atomic E-state index is 12.9. The van der Waals surface area contributed by atoms with Gasteiger partial charge in [0.2, 0.25) is 5.91 Å². The Morgan fingerprint density at radius 3 is 2.53 bits per heavy atom. The van der Waals surface area contributed by atoms with Gasteiger partial charge in [0, 0.05) is 28.4 Å². The summed E-state index contributed by atoms with van der Waals surface area (Å²) in [6.45, 7) is 7.13. The molecule has 0 radical (unpaired) electrons. The summed E-state index contributed by atoms with van der Waals surface area (Å²) in [4.78, 5) is 38.7. The largest absolute Gasteiger partial charge is 0.459 e. The molecule has 0 aliphatic carbocycles. The van der Waals surface area contributed by atoms with Gasteiger partial charge in [-0.25, -0.2) is 4.79 Å². The Bertz CT molecular complexity index is 1500. The molecule has 4 rings (SSSR count). The third kappa shape index (κ3) is 5.66. The van der Waals surface area contributed by atoms with Crippen LogP contribution in [0.25, 0.3) is 22.5 Å². The molecule has 0 bridgehead atoms. The average Bonchev–Trinajstić information content (AvgIpc) is 3.52. The lowest BCUT2D eigenvalue weighted by molar-refractivity contribution is -0.113. The fourth-order valence-corrected chi connectivity index (χ4v) is 6.54. The van der Waals surface area contributed by atoms with E-state index in [1.54, 1.807) is 32.1 Å². The number of anilines is 1. The van der Waals surface area contributed by atoms with Crippen molar-refractivity contribution in [1.29, 1.82) is 0 Å². The summed E-state index contributed by atoms with van der Waals surface area (Å²) in [5.41, 5.74) is 9.18. The topological polar surface area (TPSA) is 129 Å². The van der Waals surface area contributed by atoms with Crippen molar-refractivity contribution in [2.75, 3.05) is 11.1 Å². The molecule has 9 nitrogen and oxygen atoms in total. The van der Waals surface area contributed by atoms with Crippen molar-refractivity contribution in [2.45, 2.75) is 39.0 Å². The fraction of sp³-hybridized carbons (Fsp3) is 0.269. The second-order valence-corrected chi connectivity index (χ2v) is 11.8. The van der Waals surface area contributed by atoms with E-state index >= 15 is 0 Å². The highest BCUT2D eigenvalue weighted by molar-refractivity contribution is 7.99. The first-order chi connectivity index (χ1) is 18.1. The molecular weight excluding hydrogens is 543 g/mol. The Morgan fingerprint density at radius 2 is 1.87 bits per heavy atom. The number of thiophene rings is 2. The van der Waals surface area contributed by atoms with Crippen LogP contribution in [0.5, 0.6) is 0 Å². The molecule has 0 atom stereocenters. The predicted octanol–water partition coefficient (Wildman–Crippen LogP) is 5.28. The van der Waals surface area contributed by atoms with Crippen LogP contribution in [0.15, 0.2) is 40.9 Å². The quantitative estimate of drug-likeness (QED) is 0.207. The zero-order chi connectivity index (χ0) is 27.6. The van der Waals surface area contributed by atoms with Crippen molar-refractivity contribution in [3.8, 4) is 22.5 Å². The number of amides is 2. The van der Waals surface area contributed by atoms with Gasteiger partial charge in [-0.05, 0) is 38.8 Å². The molecule has 38 heavy (non-hydrogen) atoms. The SMILES string of the molecule is Cc1scc(-c2nnc(SCC(=O)Nc3sc(C(N)=O)c(C)c3C(=O)OC(C)C)n2C)c1-c1ccccc1. The van der Waals surface area contributed by atoms with E-state index in [4.69, 9.17) is 10.5 Å². The maximum atomic E-state index is 12.9. The second kappa shape index (κ2) is 11.5. The zero-order valence-corrected chi connectivity index (χ0v) is 24.0. The van der Waals surface area contributed by atoms with Crippen LogP contribution < -0.4 is 11.1 Å². The second-order valence-electron chi connectivity index (χ2n) is 8.73. The standard InChI is InChI=1S/C26H27N5O4S3/c1-13(2)35-25(34)19-14(3)21(22(27)33)38-24(19)28-18(32)12-37-26-30-29-23(31(26)5)17-11-36-15(4)20(17)16-9-7-6-8-10-16/h6-11,13H,12H2,1-5H3,(H2,27,33)(H,28,32). The van der Waals surface area contributed by atoms with Crippen LogP contribution in [0, 0.1) is 13.8 Å². The molecular formula is C26H27N5O4S3. The van der Waals surface area contributed by atoms with Gasteiger partial charge in [-0.1, -0.05) is 42.1 Å². The Labute approximate surface area is 232 Å². The van der Waals surface area contributed by atoms with E-state index in [1.807, 2.05) is 29.8 Å². The van der Waals surface area contributed by atoms with Gasteiger partial charge in [-0.2, -0.15) is 0 Å². The van der Waals surface area contributed by atoms with Crippen LogP contribution in [0.1, 0.15) is 44.3 Å². The summed E-state index contributed by atoms with van der Waals surface area (Å²) in [5, 5.41) is 14.3. The average molecular weight is 570 g/mol. The Morgan fingerprint density at radius 1 is 1.16 bits per heavy atom. The molecule has 0 spiro atoms. The fourth-order valence-electron chi connectivity index (χ4n) is 3.91. The van der Waals surface area contributed by atoms with Gasteiger partial charge in [0.25, 0.3) is 5.91 Å². The number of aryl methyl sites for hydroxylation is 1. The molecule has 3 aromatic heterocycles. The van der Waals surface area contributed by atoms with Gasteiger partial charge >= 0.3 is 5.97 Å². The molecule has 2 amide bonds. The number of nitrogens with zero attached hydrogens (tertiary/aromatic N) is 3. The number of primary amides is 1. The van der Waals surface area contributed by atoms with Crippen LogP contribution in [-0.2, 0) is 16.6 Å². The van der Waals surface area contributed by atoms with Crippen LogP contribution in [0.3, 0.4) is 0 Å². The van der Waals surface area contributed by atoms with Crippen molar-refractivity contribution >= 4 is 57.2 Å². The number of hydrogen-bond acceptors (Lipinski definition) is 9. The molecule has 0 saturated carbocycles. The van der Waals surface area contributed by atoms with Crippen LogP contribution >= 0.6 is 34.4 Å². The first-order valence-electron chi connectivity index (χ1n) is 11.7. The molecule has 0 unspecified atom stereocenters. The van der Waals surface area contributed by atoms with Crippen LogP contribution in [0.4, 0.5) is 5.00 Å². The molecule has 1 aromatic carbocycles. The van der Waals surface area contributed by atoms with E-state index in [0.717, 1.165) is 28.0 Å². The summed E-state index contributed by atoms with van der Waals surface area (Å²) >= 11 is 3.82. The number of ether oxygens (including phenoxy) is 1. The molecule has 0 aliphatic heterocycles.